The third kappa shape index (κ3) is 2.84. The number of anilines is 1. The first-order valence-electron chi connectivity index (χ1n) is 6.61. The SMILES string of the molecule is COC(=O)c1ccccc1N(C)CC1CCCC1. The number of hydrogen-bond donors (Lipinski definition) is 0. The normalized spacial score (nSPS) is 15.7. The van der Waals surface area contributed by atoms with Crippen LogP contribution < -0.4 is 4.90 Å². The second-order valence-corrected chi connectivity index (χ2v) is 5.04. The minimum Gasteiger partial charge on any atom is -0.465 e. The molecule has 0 N–H and O–H groups in total. The van der Waals surface area contributed by atoms with Crippen LogP contribution in [-0.4, -0.2) is 26.7 Å². The molecule has 98 valence electrons. The molecule has 3 heteroatoms. The highest BCUT2D eigenvalue weighted by Gasteiger charge is 2.20. The summed E-state index contributed by atoms with van der Waals surface area (Å²) >= 11 is 0. The maximum Gasteiger partial charge on any atom is 0.339 e. The maximum absolute atomic E-state index is 11.7. The van der Waals surface area contributed by atoms with Gasteiger partial charge >= 0.3 is 5.97 Å². The molecule has 3 nitrogen and oxygen atoms in total. The Bertz CT molecular complexity index is 411. The minimum absolute atomic E-state index is 0.260. The third-order valence-electron chi connectivity index (χ3n) is 3.73. The van der Waals surface area contributed by atoms with Crippen LogP contribution in [-0.2, 0) is 4.74 Å². The first-order valence-corrected chi connectivity index (χ1v) is 6.61. The van der Waals surface area contributed by atoms with Crippen LogP contribution in [0.4, 0.5) is 5.69 Å². The first kappa shape index (κ1) is 12.9. The fraction of sp³-hybridized carbons (Fsp3) is 0.533. The largest absolute Gasteiger partial charge is 0.465 e. The van der Waals surface area contributed by atoms with Crippen LogP contribution in [0.1, 0.15) is 36.0 Å². The predicted octanol–water partition coefficient (Wildman–Crippen LogP) is 3.10. The summed E-state index contributed by atoms with van der Waals surface area (Å²) in [7, 11) is 3.48. The van der Waals surface area contributed by atoms with E-state index in [1.54, 1.807) is 0 Å². The highest BCUT2D eigenvalue weighted by Crippen LogP contribution is 2.28. The predicted molar refractivity (Wildman–Crippen MR) is 73.0 cm³/mol. The van der Waals surface area contributed by atoms with Gasteiger partial charge in [0.2, 0.25) is 0 Å². The van der Waals surface area contributed by atoms with Gasteiger partial charge in [0.15, 0.2) is 0 Å². The van der Waals surface area contributed by atoms with Gasteiger partial charge in [-0.1, -0.05) is 25.0 Å². The Hall–Kier alpha value is -1.51. The molecule has 0 atom stereocenters. The Morgan fingerprint density at radius 3 is 2.67 bits per heavy atom. The average molecular weight is 247 g/mol. The smallest absolute Gasteiger partial charge is 0.339 e. The van der Waals surface area contributed by atoms with Crippen molar-refractivity contribution in [3.05, 3.63) is 29.8 Å². The molecule has 0 aliphatic heterocycles. The Labute approximate surface area is 109 Å². The molecule has 0 heterocycles. The van der Waals surface area contributed by atoms with Gasteiger partial charge in [-0.05, 0) is 30.9 Å². The van der Waals surface area contributed by atoms with Crippen LogP contribution in [0.3, 0.4) is 0 Å². The molecule has 18 heavy (non-hydrogen) atoms. The van der Waals surface area contributed by atoms with E-state index < -0.39 is 0 Å². The summed E-state index contributed by atoms with van der Waals surface area (Å²) in [6, 6.07) is 7.65. The van der Waals surface area contributed by atoms with Crippen molar-refractivity contribution in [2.24, 2.45) is 5.92 Å². The van der Waals surface area contributed by atoms with Gasteiger partial charge < -0.3 is 9.64 Å². The minimum atomic E-state index is -0.260. The van der Waals surface area contributed by atoms with Gasteiger partial charge in [0, 0.05) is 13.6 Å². The van der Waals surface area contributed by atoms with Crippen molar-refractivity contribution in [2.75, 3.05) is 25.6 Å². The molecule has 1 aliphatic carbocycles. The summed E-state index contributed by atoms with van der Waals surface area (Å²) in [6.45, 7) is 1.02. The molecule has 0 amide bonds. The van der Waals surface area contributed by atoms with E-state index in [4.69, 9.17) is 4.74 Å². The van der Waals surface area contributed by atoms with Crippen LogP contribution in [0.5, 0.6) is 0 Å². The summed E-state index contributed by atoms with van der Waals surface area (Å²) in [6.07, 6.45) is 5.31. The fourth-order valence-electron chi connectivity index (χ4n) is 2.77. The second-order valence-electron chi connectivity index (χ2n) is 5.04. The number of esters is 1. The van der Waals surface area contributed by atoms with Crippen molar-refractivity contribution in [1.82, 2.24) is 0 Å². The van der Waals surface area contributed by atoms with Crippen molar-refractivity contribution >= 4 is 11.7 Å². The molecule has 0 bridgehead atoms. The highest BCUT2D eigenvalue weighted by molar-refractivity contribution is 5.95. The number of rotatable bonds is 4. The zero-order chi connectivity index (χ0) is 13.0. The van der Waals surface area contributed by atoms with Crippen molar-refractivity contribution in [2.45, 2.75) is 25.7 Å². The summed E-state index contributed by atoms with van der Waals surface area (Å²) in [5.41, 5.74) is 1.62. The molecule has 1 aliphatic rings. The molecular weight excluding hydrogens is 226 g/mol. The van der Waals surface area contributed by atoms with Crippen LogP contribution in [0, 0.1) is 5.92 Å². The number of carbonyl (C=O) groups is 1. The molecule has 1 saturated carbocycles. The average Bonchev–Trinajstić information content (AvgIpc) is 2.90. The van der Waals surface area contributed by atoms with E-state index in [0.29, 0.717) is 5.56 Å². The quantitative estimate of drug-likeness (QED) is 0.766. The van der Waals surface area contributed by atoms with Crippen molar-refractivity contribution in [3.8, 4) is 0 Å². The van der Waals surface area contributed by atoms with E-state index in [9.17, 15) is 4.79 Å². The summed E-state index contributed by atoms with van der Waals surface area (Å²) in [5, 5.41) is 0. The van der Waals surface area contributed by atoms with E-state index in [0.717, 1.165) is 18.2 Å². The summed E-state index contributed by atoms with van der Waals surface area (Å²) in [4.78, 5) is 13.9. The van der Waals surface area contributed by atoms with Crippen molar-refractivity contribution in [1.29, 1.82) is 0 Å². The number of methoxy groups -OCH3 is 1. The lowest BCUT2D eigenvalue weighted by Crippen LogP contribution is -2.25. The fourth-order valence-corrected chi connectivity index (χ4v) is 2.77. The Balaban J connectivity index is 2.13. The van der Waals surface area contributed by atoms with Crippen LogP contribution >= 0.6 is 0 Å². The summed E-state index contributed by atoms with van der Waals surface area (Å²) < 4.78 is 4.83. The van der Waals surface area contributed by atoms with Gasteiger partial charge in [-0.25, -0.2) is 4.79 Å². The topological polar surface area (TPSA) is 29.5 Å². The molecule has 1 fully saturated rings. The number of benzene rings is 1. The third-order valence-corrected chi connectivity index (χ3v) is 3.73. The first-order chi connectivity index (χ1) is 8.72. The molecule has 0 unspecified atom stereocenters. The lowest BCUT2D eigenvalue weighted by atomic mass is 10.1. The molecule has 0 spiro atoms. The number of nitrogens with zero attached hydrogens (tertiary/aromatic N) is 1. The van der Waals surface area contributed by atoms with E-state index in [2.05, 4.69) is 11.9 Å². The van der Waals surface area contributed by atoms with Gasteiger partial charge in [-0.2, -0.15) is 0 Å². The molecule has 0 saturated heterocycles. The molecule has 2 rings (SSSR count). The number of ether oxygens (including phenoxy) is 1. The zero-order valence-electron chi connectivity index (χ0n) is 11.2. The lowest BCUT2D eigenvalue weighted by Gasteiger charge is -2.24. The second kappa shape index (κ2) is 5.89. The molecule has 0 radical (unpaired) electrons. The molecular formula is C15H21NO2. The zero-order valence-corrected chi connectivity index (χ0v) is 11.2. The van der Waals surface area contributed by atoms with E-state index in [1.807, 2.05) is 24.3 Å². The van der Waals surface area contributed by atoms with E-state index >= 15 is 0 Å². The number of hydrogen-bond acceptors (Lipinski definition) is 3. The molecule has 1 aromatic rings. The standard InChI is InChI=1S/C15H21NO2/c1-16(11-12-7-3-4-8-12)14-10-6-5-9-13(14)15(17)18-2/h5-6,9-10,12H,3-4,7-8,11H2,1-2H3. The highest BCUT2D eigenvalue weighted by atomic mass is 16.5. The number of carbonyl (C=O) groups excluding carboxylic acids is 1. The van der Waals surface area contributed by atoms with Crippen molar-refractivity contribution < 1.29 is 9.53 Å². The van der Waals surface area contributed by atoms with Gasteiger partial charge in [-0.15, -0.1) is 0 Å². The lowest BCUT2D eigenvalue weighted by molar-refractivity contribution is 0.0601. The van der Waals surface area contributed by atoms with Crippen LogP contribution in [0.2, 0.25) is 0 Å². The van der Waals surface area contributed by atoms with Gasteiger partial charge in [0.25, 0.3) is 0 Å². The molecule has 1 aromatic carbocycles. The number of para-hydroxylation sites is 1. The monoisotopic (exact) mass is 247 g/mol. The van der Waals surface area contributed by atoms with E-state index in [-0.39, 0.29) is 5.97 Å². The van der Waals surface area contributed by atoms with Gasteiger partial charge in [-0.3, -0.25) is 0 Å². The van der Waals surface area contributed by atoms with Crippen LogP contribution in [0.25, 0.3) is 0 Å². The molecule has 0 aromatic heterocycles. The van der Waals surface area contributed by atoms with Crippen molar-refractivity contribution in [3.63, 3.8) is 0 Å². The Morgan fingerprint density at radius 2 is 2.00 bits per heavy atom. The van der Waals surface area contributed by atoms with E-state index in [1.165, 1.54) is 32.8 Å². The van der Waals surface area contributed by atoms with Crippen LogP contribution in [0.15, 0.2) is 24.3 Å². The Morgan fingerprint density at radius 1 is 1.33 bits per heavy atom. The van der Waals surface area contributed by atoms with Gasteiger partial charge in [0.1, 0.15) is 0 Å². The maximum atomic E-state index is 11.7. The summed E-state index contributed by atoms with van der Waals surface area (Å²) in [5.74, 6) is 0.504. The Kier molecular flexibility index (Phi) is 4.24. The van der Waals surface area contributed by atoms with Gasteiger partial charge in [0.05, 0.1) is 18.4 Å².